The van der Waals surface area contributed by atoms with Crippen molar-refractivity contribution < 1.29 is 19.5 Å². The third-order valence-electron chi connectivity index (χ3n) is 5.54. The van der Waals surface area contributed by atoms with Crippen LogP contribution in [-0.4, -0.2) is 42.0 Å². The number of anilines is 1. The zero-order chi connectivity index (χ0) is 19.2. The Morgan fingerprint density at radius 3 is 2.07 bits per heavy atom. The van der Waals surface area contributed by atoms with E-state index in [1.165, 1.54) is 0 Å². The van der Waals surface area contributed by atoms with Crippen LogP contribution in [0.15, 0.2) is 24.3 Å². The first kappa shape index (κ1) is 22.2. The Morgan fingerprint density at radius 1 is 0.893 bits per heavy atom. The number of hydrogen-bond donors (Lipinski definition) is 4. The van der Waals surface area contributed by atoms with Gasteiger partial charge in [-0.15, -0.1) is 12.4 Å². The molecule has 1 saturated heterocycles. The average molecular weight is 410 g/mol. The third-order valence-corrected chi connectivity index (χ3v) is 5.54. The van der Waals surface area contributed by atoms with Crippen molar-refractivity contribution in [3.63, 3.8) is 0 Å². The van der Waals surface area contributed by atoms with E-state index in [1.54, 1.807) is 24.3 Å². The molecule has 7 nitrogen and oxygen atoms in total. The fraction of sp³-hybridized carbons (Fsp3) is 0.550. The number of carbonyl (C=O) groups is 3. The van der Waals surface area contributed by atoms with Crippen molar-refractivity contribution in [1.29, 1.82) is 0 Å². The number of carbonyl (C=O) groups excluding carboxylic acids is 2. The van der Waals surface area contributed by atoms with Gasteiger partial charge in [0.25, 0.3) is 5.91 Å². The van der Waals surface area contributed by atoms with E-state index in [4.69, 9.17) is 5.11 Å². The first-order valence-corrected chi connectivity index (χ1v) is 9.68. The highest BCUT2D eigenvalue weighted by Crippen LogP contribution is 2.24. The van der Waals surface area contributed by atoms with Crippen LogP contribution in [0, 0.1) is 11.8 Å². The molecule has 0 bridgehead atoms. The van der Waals surface area contributed by atoms with E-state index < -0.39 is 5.97 Å². The van der Waals surface area contributed by atoms with Gasteiger partial charge < -0.3 is 21.1 Å². The van der Waals surface area contributed by atoms with E-state index in [2.05, 4.69) is 16.0 Å². The number of piperidine rings is 1. The van der Waals surface area contributed by atoms with Crippen molar-refractivity contribution in [3.05, 3.63) is 29.8 Å². The maximum absolute atomic E-state index is 12.4. The van der Waals surface area contributed by atoms with Gasteiger partial charge >= 0.3 is 5.97 Å². The monoisotopic (exact) mass is 409 g/mol. The molecule has 1 aromatic rings. The van der Waals surface area contributed by atoms with E-state index in [0.29, 0.717) is 36.9 Å². The summed E-state index contributed by atoms with van der Waals surface area (Å²) in [5.74, 6) is -1.13. The first-order chi connectivity index (χ1) is 13.0. The Kier molecular flexibility index (Phi) is 8.26. The Bertz CT molecular complexity index is 681. The van der Waals surface area contributed by atoms with Gasteiger partial charge in [0.05, 0.1) is 5.92 Å². The van der Waals surface area contributed by atoms with E-state index in [1.807, 2.05) is 0 Å². The Hall–Kier alpha value is -2.12. The molecule has 1 saturated carbocycles. The zero-order valence-corrected chi connectivity index (χ0v) is 16.6. The molecule has 1 aliphatic heterocycles. The molecular formula is C20H28ClN3O4. The number of benzene rings is 1. The van der Waals surface area contributed by atoms with Crippen LogP contribution in [0.1, 0.15) is 48.9 Å². The number of carboxylic acid groups (broad SMARTS) is 1. The lowest BCUT2D eigenvalue weighted by molar-refractivity contribution is -0.142. The third kappa shape index (κ3) is 5.94. The fourth-order valence-electron chi connectivity index (χ4n) is 3.79. The number of aliphatic carboxylic acids is 1. The molecule has 0 spiro atoms. The molecule has 0 atom stereocenters. The predicted molar refractivity (Wildman–Crippen MR) is 109 cm³/mol. The lowest BCUT2D eigenvalue weighted by Crippen LogP contribution is -2.38. The van der Waals surface area contributed by atoms with Gasteiger partial charge in [0.1, 0.15) is 0 Å². The van der Waals surface area contributed by atoms with Crippen LogP contribution in [0.25, 0.3) is 0 Å². The average Bonchev–Trinajstić information content (AvgIpc) is 2.69. The van der Waals surface area contributed by atoms with Crippen LogP contribution in [0.4, 0.5) is 5.69 Å². The summed E-state index contributed by atoms with van der Waals surface area (Å²) in [6, 6.07) is 6.92. The van der Waals surface area contributed by atoms with Crippen LogP contribution in [-0.2, 0) is 9.59 Å². The number of carboxylic acids is 1. The molecule has 4 N–H and O–H groups in total. The summed E-state index contributed by atoms with van der Waals surface area (Å²) in [5.41, 5.74) is 1.23. The Morgan fingerprint density at radius 2 is 1.50 bits per heavy atom. The summed E-state index contributed by atoms with van der Waals surface area (Å²) in [7, 11) is 0. The zero-order valence-electron chi connectivity index (χ0n) is 15.8. The van der Waals surface area contributed by atoms with Crippen molar-refractivity contribution in [2.24, 2.45) is 11.8 Å². The normalized spacial score (nSPS) is 22.6. The number of halogens is 1. The van der Waals surface area contributed by atoms with Crippen LogP contribution in [0.2, 0.25) is 0 Å². The highest BCUT2D eigenvalue weighted by atomic mass is 35.5. The van der Waals surface area contributed by atoms with E-state index >= 15 is 0 Å². The molecule has 1 heterocycles. The van der Waals surface area contributed by atoms with Crippen molar-refractivity contribution in [2.45, 2.75) is 44.6 Å². The summed E-state index contributed by atoms with van der Waals surface area (Å²) in [6.07, 6.45) is 4.26. The minimum absolute atomic E-state index is 0. The quantitative estimate of drug-likeness (QED) is 0.597. The topological polar surface area (TPSA) is 108 Å². The maximum Gasteiger partial charge on any atom is 0.306 e. The molecule has 0 unspecified atom stereocenters. The van der Waals surface area contributed by atoms with Gasteiger partial charge in [0, 0.05) is 23.2 Å². The van der Waals surface area contributed by atoms with E-state index in [9.17, 15) is 14.4 Å². The number of amides is 2. The van der Waals surface area contributed by atoms with Gasteiger partial charge in [-0.2, -0.15) is 0 Å². The summed E-state index contributed by atoms with van der Waals surface area (Å²) in [5, 5.41) is 18.2. The van der Waals surface area contributed by atoms with E-state index in [-0.39, 0.29) is 42.1 Å². The molecule has 0 aromatic heterocycles. The molecule has 2 amide bonds. The van der Waals surface area contributed by atoms with Gasteiger partial charge in [-0.3, -0.25) is 14.4 Å². The second-order valence-corrected chi connectivity index (χ2v) is 7.45. The highest BCUT2D eigenvalue weighted by Gasteiger charge is 2.27. The predicted octanol–water partition coefficient (Wildman–Crippen LogP) is 2.42. The smallest absolute Gasteiger partial charge is 0.306 e. The molecule has 2 aliphatic rings. The highest BCUT2D eigenvalue weighted by molar-refractivity contribution is 5.96. The van der Waals surface area contributed by atoms with Crippen LogP contribution in [0.3, 0.4) is 0 Å². The summed E-state index contributed by atoms with van der Waals surface area (Å²) in [6.45, 7) is 1.73. The molecule has 154 valence electrons. The lowest BCUT2D eigenvalue weighted by atomic mass is 9.86. The van der Waals surface area contributed by atoms with Gasteiger partial charge in [0.15, 0.2) is 0 Å². The van der Waals surface area contributed by atoms with Gasteiger partial charge in [0.2, 0.25) is 5.91 Å². The standard InChI is InChI=1S/C20H27N3O4.ClH/c24-18(22-17-7-3-15(4-8-17)20(26)27)13-1-5-16(6-2-13)23-19(25)14-9-11-21-12-10-14;/h1-2,5-6,14-15,17,21H,3-4,7-12H2,(H,22,24)(H,23,25)(H,26,27);1H. The maximum atomic E-state index is 12.4. The second-order valence-electron chi connectivity index (χ2n) is 7.45. The molecule has 8 heteroatoms. The van der Waals surface area contributed by atoms with Gasteiger partial charge in [-0.05, 0) is 75.9 Å². The summed E-state index contributed by atoms with van der Waals surface area (Å²) in [4.78, 5) is 35.6. The van der Waals surface area contributed by atoms with Crippen molar-refractivity contribution in [3.8, 4) is 0 Å². The first-order valence-electron chi connectivity index (χ1n) is 9.68. The fourth-order valence-corrected chi connectivity index (χ4v) is 3.79. The Labute approximate surface area is 171 Å². The van der Waals surface area contributed by atoms with Crippen molar-refractivity contribution in [2.75, 3.05) is 18.4 Å². The minimum Gasteiger partial charge on any atom is -0.481 e. The number of hydrogen-bond acceptors (Lipinski definition) is 4. The molecule has 2 fully saturated rings. The van der Waals surface area contributed by atoms with Crippen molar-refractivity contribution >= 4 is 35.9 Å². The molecular weight excluding hydrogens is 382 g/mol. The largest absolute Gasteiger partial charge is 0.481 e. The summed E-state index contributed by atoms with van der Waals surface area (Å²) < 4.78 is 0. The van der Waals surface area contributed by atoms with Crippen LogP contribution < -0.4 is 16.0 Å². The molecule has 1 aliphatic carbocycles. The van der Waals surface area contributed by atoms with E-state index in [0.717, 1.165) is 25.9 Å². The number of nitrogens with one attached hydrogen (secondary N) is 3. The minimum atomic E-state index is -0.748. The van der Waals surface area contributed by atoms with Crippen LogP contribution in [0.5, 0.6) is 0 Å². The Balaban J connectivity index is 0.00000280. The lowest BCUT2D eigenvalue weighted by Gasteiger charge is -2.26. The van der Waals surface area contributed by atoms with Gasteiger partial charge in [-0.25, -0.2) is 0 Å². The van der Waals surface area contributed by atoms with Crippen LogP contribution >= 0.6 is 12.4 Å². The molecule has 28 heavy (non-hydrogen) atoms. The molecule has 3 rings (SSSR count). The molecule has 1 aromatic carbocycles. The second kappa shape index (κ2) is 10.4. The van der Waals surface area contributed by atoms with Gasteiger partial charge in [-0.1, -0.05) is 0 Å². The number of rotatable bonds is 5. The molecule has 0 radical (unpaired) electrons. The summed E-state index contributed by atoms with van der Waals surface area (Å²) >= 11 is 0. The SMILES string of the molecule is Cl.O=C(NC1CCC(C(=O)O)CC1)c1ccc(NC(=O)C2CCNCC2)cc1. The van der Waals surface area contributed by atoms with Crippen molar-refractivity contribution in [1.82, 2.24) is 10.6 Å².